The number of aromatic nitrogens is 1. The maximum atomic E-state index is 12.0. The van der Waals surface area contributed by atoms with Crippen LogP contribution in [0.3, 0.4) is 0 Å². The van der Waals surface area contributed by atoms with Gasteiger partial charge in [-0.15, -0.1) is 0 Å². The Balaban J connectivity index is 1.82. The molecule has 1 aromatic heterocycles. The molecule has 0 aliphatic rings. The van der Waals surface area contributed by atoms with Crippen molar-refractivity contribution in [3.8, 4) is 0 Å². The normalized spacial score (nSPS) is 10.2. The number of aryl methyl sites for hydroxylation is 1. The van der Waals surface area contributed by atoms with Crippen LogP contribution in [0.25, 0.3) is 0 Å². The van der Waals surface area contributed by atoms with Crippen LogP contribution in [0.5, 0.6) is 0 Å². The summed E-state index contributed by atoms with van der Waals surface area (Å²) in [7, 11) is 1.44. The van der Waals surface area contributed by atoms with Gasteiger partial charge in [-0.05, 0) is 25.1 Å². The molecule has 27 heavy (non-hydrogen) atoms. The fraction of sp³-hybridized carbons (Fsp3) is 0.222. The van der Waals surface area contributed by atoms with E-state index in [0.717, 1.165) is 10.5 Å². The lowest BCUT2D eigenvalue weighted by atomic mass is 10.2. The van der Waals surface area contributed by atoms with Gasteiger partial charge in [0.05, 0.1) is 17.1 Å². The van der Waals surface area contributed by atoms with Crippen molar-refractivity contribution in [1.82, 2.24) is 9.88 Å². The molecule has 2 aromatic rings. The van der Waals surface area contributed by atoms with Gasteiger partial charge in [0.25, 0.3) is 5.91 Å². The van der Waals surface area contributed by atoms with Gasteiger partial charge in [0.1, 0.15) is 5.15 Å². The first-order chi connectivity index (χ1) is 12.8. The standard InChI is InChI=1S/C18H17Cl2N3O4/c1-11-3-5-13(6-4-11)22-15(24)9-23(2)16(25)10-27-18(26)12-7-14(19)17(20)21-8-12/h3-8H,9-10H2,1-2H3,(H,22,24). The smallest absolute Gasteiger partial charge is 0.340 e. The van der Waals surface area contributed by atoms with E-state index in [2.05, 4.69) is 10.3 Å². The van der Waals surface area contributed by atoms with Crippen molar-refractivity contribution in [2.75, 3.05) is 25.5 Å². The first kappa shape index (κ1) is 20.7. The van der Waals surface area contributed by atoms with Crippen LogP contribution < -0.4 is 5.32 Å². The summed E-state index contributed by atoms with van der Waals surface area (Å²) >= 11 is 11.5. The Bertz CT molecular complexity index is 856. The number of hydrogen-bond donors (Lipinski definition) is 1. The van der Waals surface area contributed by atoms with E-state index in [1.807, 2.05) is 19.1 Å². The third-order valence-electron chi connectivity index (χ3n) is 3.50. The van der Waals surface area contributed by atoms with Crippen molar-refractivity contribution in [1.29, 1.82) is 0 Å². The zero-order chi connectivity index (χ0) is 20.0. The second-order valence-electron chi connectivity index (χ2n) is 5.74. The van der Waals surface area contributed by atoms with Crippen molar-refractivity contribution >= 4 is 46.7 Å². The Labute approximate surface area is 166 Å². The summed E-state index contributed by atoms with van der Waals surface area (Å²) in [6.07, 6.45) is 1.19. The van der Waals surface area contributed by atoms with Gasteiger partial charge >= 0.3 is 5.97 Å². The summed E-state index contributed by atoms with van der Waals surface area (Å²) in [6.45, 7) is 1.24. The number of nitrogens with zero attached hydrogens (tertiary/aromatic N) is 2. The molecule has 1 aromatic carbocycles. The molecule has 7 nitrogen and oxygen atoms in total. The Hall–Kier alpha value is -2.64. The highest BCUT2D eigenvalue weighted by Gasteiger charge is 2.17. The highest BCUT2D eigenvalue weighted by molar-refractivity contribution is 6.41. The molecule has 1 N–H and O–H groups in total. The lowest BCUT2D eigenvalue weighted by Gasteiger charge is -2.17. The predicted octanol–water partition coefficient (Wildman–Crippen LogP) is 2.95. The summed E-state index contributed by atoms with van der Waals surface area (Å²) in [5, 5.41) is 2.84. The van der Waals surface area contributed by atoms with Crippen molar-refractivity contribution < 1.29 is 19.1 Å². The van der Waals surface area contributed by atoms with Crippen molar-refractivity contribution in [3.05, 3.63) is 57.8 Å². The van der Waals surface area contributed by atoms with Crippen LogP contribution in [-0.2, 0) is 14.3 Å². The molecule has 0 aliphatic heterocycles. The number of anilines is 1. The van der Waals surface area contributed by atoms with E-state index in [0.29, 0.717) is 5.69 Å². The molecule has 2 amide bonds. The molecule has 0 saturated heterocycles. The molecule has 0 radical (unpaired) electrons. The van der Waals surface area contributed by atoms with E-state index < -0.39 is 18.5 Å². The van der Waals surface area contributed by atoms with Crippen LogP contribution in [0.2, 0.25) is 10.2 Å². The number of nitrogens with one attached hydrogen (secondary N) is 1. The minimum absolute atomic E-state index is 0.0589. The third-order valence-corrected chi connectivity index (χ3v) is 4.19. The fourth-order valence-electron chi connectivity index (χ4n) is 1.99. The Morgan fingerprint density at radius 3 is 2.48 bits per heavy atom. The van der Waals surface area contributed by atoms with E-state index in [1.165, 1.54) is 19.3 Å². The number of hydrogen-bond acceptors (Lipinski definition) is 5. The number of esters is 1. The molecule has 0 aliphatic carbocycles. The minimum Gasteiger partial charge on any atom is -0.452 e. The van der Waals surface area contributed by atoms with Crippen LogP contribution >= 0.6 is 23.2 Å². The van der Waals surface area contributed by atoms with Gasteiger partial charge < -0.3 is 15.0 Å². The number of carbonyl (C=O) groups excluding carboxylic acids is 3. The number of halogens is 2. The second kappa shape index (κ2) is 9.34. The third kappa shape index (κ3) is 6.23. The van der Waals surface area contributed by atoms with Crippen molar-refractivity contribution in [3.63, 3.8) is 0 Å². The minimum atomic E-state index is -0.771. The molecule has 0 saturated carbocycles. The Morgan fingerprint density at radius 2 is 1.85 bits per heavy atom. The number of rotatable bonds is 6. The predicted molar refractivity (Wildman–Crippen MR) is 102 cm³/mol. The topological polar surface area (TPSA) is 88.6 Å². The number of carbonyl (C=O) groups is 3. The average molecular weight is 410 g/mol. The van der Waals surface area contributed by atoms with E-state index in [4.69, 9.17) is 27.9 Å². The summed E-state index contributed by atoms with van der Waals surface area (Å²) < 4.78 is 4.92. The van der Waals surface area contributed by atoms with Crippen LogP contribution in [0.1, 0.15) is 15.9 Å². The fourth-order valence-corrected chi connectivity index (χ4v) is 2.26. The van der Waals surface area contributed by atoms with Crippen LogP contribution in [0.15, 0.2) is 36.5 Å². The molecular weight excluding hydrogens is 393 g/mol. The van der Waals surface area contributed by atoms with E-state index in [-0.39, 0.29) is 28.2 Å². The molecular formula is C18H17Cl2N3O4. The number of ether oxygens (including phenoxy) is 1. The van der Waals surface area contributed by atoms with Crippen LogP contribution in [0.4, 0.5) is 5.69 Å². The number of pyridine rings is 1. The molecule has 0 unspecified atom stereocenters. The van der Waals surface area contributed by atoms with E-state index in [9.17, 15) is 14.4 Å². The first-order valence-corrected chi connectivity index (χ1v) is 8.60. The summed E-state index contributed by atoms with van der Waals surface area (Å²) in [5.41, 5.74) is 1.77. The summed E-state index contributed by atoms with van der Waals surface area (Å²) in [4.78, 5) is 40.8. The monoisotopic (exact) mass is 409 g/mol. The lowest BCUT2D eigenvalue weighted by molar-refractivity contribution is -0.136. The SMILES string of the molecule is Cc1ccc(NC(=O)CN(C)C(=O)COC(=O)c2cnc(Cl)c(Cl)c2)cc1. The molecule has 2 rings (SSSR count). The largest absolute Gasteiger partial charge is 0.452 e. The van der Waals surface area contributed by atoms with Crippen LogP contribution in [0, 0.1) is 6.92 Å². The van der Waals surface area contributed by atoms with Crippen molar-refractivity contribution in [2.24, 2.45) is 0 Å². The van der Waals surface area contributed by atoms with Gasteiger partial charge in [0, 0.05) is 18.9 Å². The first-order valence-electron chi connectivity index (χ1n) is 7.85. The Morgan fingerprint density at radius 1 is 1.19 bits per heavy atom. The summed E-state index contributed by atoms with van der Waals surface area (Å²) in [6, 6.07) is 8.55. The second-order valence-corrected chi connectivity index (χ2v) is 6.50. The lowest BCUT2D eigenvalue weighted by Crippen LogP contribution is -2.37. The van der Waals surface area contributed by atoms with Gasteiger partial charge in [-0.25, -0.2) is 9.78 Å². The van der Waals surface area contributed by atoms with Gasteiger partial charge in [-0.3, -0.25) is 9.59 Å². The van der Waals surface area contributed by atoms with Crippen molar-refractivity contribution in [2.45, 2.75) is 6.92 Å². The maximum Gasteiger partial charge on any atom is 0.340 e. The van der Waals surface area contributed by atoms with Gasteiger partial charge in [-0.2, -0.15) is 0 Å². The van der Waals surface area contributed by atoms with Gasteiger partial charge in [0.15, 0.2) is 6.61 Å². The maximum absolute atomic E-state index is 12.0. The highest BCUT2D eigenvalue weighted by Crippen LogP contribution is 2.20. The molecule has 1 heterocycles. The van der Waals surface area contributed by atoms with Gasteiger partial charge in [-0.1, -0.05) is 40.9 Å². The van der Waals surface area contributed by atoms with Crippen LogP contribution in [-0.4, -0.2) is 47.9 Å². The highest BCUT2D eigenvalue weighted by atomic mass is 35.5. The number of amides is 2. The zero-order valence-electron chi connectivity index (χ0n) is 14.7. The summed E-state index contributed by atoms with van der Waals surface area (Å²) in [5.74, 6) is -1.67. The molecule has 0 atom stereocenters. The Kier molecular flexibility index (Phi) is 7.15. The molecule has 9 heteroatoms. The van der Waals surface area contributed by atoms with E-state index in [1.54, 1.807) is 12.1 Å². The van der Waals surface area contributed by atoms with E-state index >= 15 is 0 Å². The average Bonchev–Trinajstić information content (AvgIpc) is 2.63. The number of benzene rings is 1. The molecule has 0 bridgehead atoms. The quantitative estimate of drug-likeness (QED) is 0.585. The molecule has 142 valence electrons. The molecule has 0 spiro atoms. The van der Waals surface area contributed by atoms with Gasteiger partial charge in [0.2, 0.25) is 5.91 Å². The number of likely N-dealkylation sites (N-methyl/N-ethyl adjacent to an activating group) is 1. The molecule has 0 fully saturated rings. The zero-order valence-corrected chi connectivity index (χ0v) is 16.2.